The van der Waals surface area contributed by atoms with Gasteiger partial charge in [-0.15, -0.1) is 0 Å². The van der Waals surface area contributed by atoms with Gasteiger partial charge in [0.15, 0.2) is 0 Å². The molecule has 0 spiro atoms. The molecule has 2 aliphatic carbocycles. The summed E-state index contributed by atoms with van der Waals surface area (Å²) >= 11 is 0. The second-order valence-electron chi connectivity index (χ2n) is 6.92. The summed E-state index contributed by atoms with van der Waals surface area (Å²) in [6.07, 6.45) is 9.78. The van der Waals surface area contributed by atoms with Crippen LogP contribution < -0.4 is 0 Å². The van der Waals surface area contributed by atoms with E-state index in [1.807, 2.05) is 0 Å². The zero-order valence-electron chi connectivity index (χ0n) is 13.6. The smallest absolute Gasteiger partial charge is 0.316 e. The summed E-state index contributed by atoms with van der Waals surface area (Å²) < 4.78 is 4.88. The molecule has 0 amide bonds. The number of methoxy groups -OCH3 is 1. The van der Waals surface area contributed by atoms with Gasteiger partial charge in [0.2, 0.25) is 0 Å². The molecule has 0 saturated heterocycles. The van der Waals surface area contributed by atoms with Gasteiger partial charge in [0.05, 0.1) is 7.11 Å². The van der Waals surface area contributed by atoms with Crippen molar-refractivity contribution in [2.45, 2.75) is 70.6 Å². The zero-order valence-corrected chi connectivity index (χ0v) is 13.6. The normalized spacial score (nSPS) is 25.3. The molecule has 2 aliphatic rings. The van der Waals surface area contributed by atoms with Crippen molar-refractivity contribution in [2.24, 2.45) is 17.8 Å². The summed E-state index contributed by atoms with van der Waals surface area (Å²) in [7, 11) is 1.34. The summed E-state index contributed by atoms with van der Waals surface area (Å²) in [6, 6.07) is 0. The van der Waals surface area contributed by atoms with Gasteiger partial charge in [0.25, 0.3) is 0 Å². The van der Waals surface area contributed by atoms with Crippen molar-refractivity contribution in [3.8, 4) is 0 Å². The second-order valence-corrected chi connectivity index (χ2v) is 6.92. The Kier molecular flexibility index (Phi) is 6.59. The van der Waals surface area contributed by atoms with Gasteiger partial charge in [0.1, 0.15) is 17.5 Å². The van der Waals surface area contributed by atoms with Crippen molar-refractivity contribution in [2.75, 3.05) is 7.11 Å². The molecule has 0 aromatic rings. The molecule has 124 valence electrons. The number of carbonyl (C=O) groups excluding carboxylic acids is 3. The first-order valence-electron chi connectivity index (χ1n) is 8.74. The van der Waals surface area contributed by atoms with E-state index in [2.05, 4.69) is 0 Å². The Morgan fingerprint density at radius 1 is 1.09 bits per heavy atom. The van der Waals surface area contributed by atoms with E-state index in [1.165, 1.54) is 26.4 Å². The van der Waals surface area contributed by atoms with E-state index in [0.29, 0.717) is 25.2 Å². The first-order valence-corrected chi connectivity index (χ1v) is 8.74. The Bertz CT molecular complexity index is 409. The quantitative estimate of drug-likeness (QED) is 0.443. The molecule has 0 bridgehead atoms. The molecule has 0 aromatic carbocycles. The fourth-order valence-corrected chi connectivity index (χ4v) is 4.03. The van der Waals surface area contributed by atoms with Crippen LogP contribution in [0.3, 0.4) is 0 Å². The van der Waals surface area contributed by atoms with Crippen molar-refractivity contribution >= 4 is 17.5 Å². The molecule has 4 heteroatoms. The van der Waals surface area contributed by atoms with E-state index in [0.717, 1.165) is 32.1 Å². The van der Waals surface area contributed by atoms with Gasteiger partial charge in [-0.05, 0) is 24.7 Å². The molecular formula is C18H28O4. The molecule has 4 nitrogen and oxygen atoms in total. The SMILES string of the molecule is COC(=O)C(C(=O)CC1CCCCC1)[C@H]1CCCCC(=O)C1. The number of hydrogen-bond acceptors (Lipinski definition) is 4. The van der Waals surface area contributed by atoms with Crippen LogP contribution in [0.5, 0.6) is 0 Å². The van der Waals surface area contributed by atoms with Crippen molar-refractivity contribution in [3.05, 3.63) is 0 Å². The van der Waals surface area contributed by atoms with E-state index in [1.54, 1.807) is 0 Å². The summed E-state index contributed by atoms with van der Waals surface area (Å²) in [6.45, 7) is 0. The Morgan fingerprint density at radius 2 is 1.77 bits per heavy atom. The lowest BCUT2D eigenvalue weighted by molar-refractivity contribution is -0.152. The highest BCUT2D eigenvalue weighted by atomic mass is 16.5. The molecule has 0 heterocycles. The van der Waals surface area contributed by atoms with Gasteiger partial charge in [0, 0.05) is 19.3 Å². The predicted octanol–water partition coefficient (Wildman–Crippen LogP) is 3.46. The van der Waals surface area contributed by atoms with Crippen LogP contribution in [0.1, 0.15) is 70.6 Å². The van der Waals surface area contributed by atoms with Gasteiger partial charge in [-0.25, -0.2) is 0 Å². The largest absolute Gasteiger partial charge is 0.468 e. The lowest BCUT2D eigenvalue weighted by Crippen LogP contribution is -2.34. The monoisotopic (exact) mass is 308 g/mol. The van der Waals surface area contributed by atoms with Crippen LogP contribution in [0, 0.1) is 17.8 Å². The fraction of sp³-hybridized carbons (Fsp3) is 0.833. The minimum absolute atomic E-state index is 0.00144. The molecule has 0 N–H and O–H groups in total. The van der Waals surface area contributed by atoms with Crippen molar-refractivity contribution in [1.82, 2.24) is 0 Å². The van der Waals surface area contributed by atoms with Gasteiger partial charge >= 0.3 is 5.97 Å². The van der Waals surface area contributed by atoms with Crippen LogP contribution in [0.15, 0.2) is 0 Å². The first-order chi connectivity index (χ1) is 10.6. The minimum atomic E-state index is -0.728. The zero-order chi connectivity index (χ0) is 15.9. The topological polar surface area (TPSA) is 60.4 Å². The molecule has 2 saturated carbocycles. The Morgan fingerprint density at radius 3 is 2.45 bits per heavy atom. The molecule has 2 atom stereocenters. The predicted molar refractivity (Wildman–Crippen MR) is 83.3 cm³/mol. The second kappa shape index (κ2) is 8.44. The highest BCUT2D eigenvalue weighted by molar-refractivity contribution is 6.00. The summed E-state index contributed by atoms with van der Waals surface area (Å²) in [5.74, 6) is -0.733. The standard InChI is InChI=1S/C18H28O4/c1-22-18(21)17(14-9-5-6-10-15(19)12-14)16(20)11-13-7-3-2-4-8-13/h13-14,17H,2-12H2,1H3/t14-,17?/m0/s1. The number of esters is 1. The summed E-state index contributed by atoms with van der Waals surface area (Å²) in [4.78, 5) is 36.7. The van der Waals surface area contributed by atoms with Gasteiger partial charge in [-0.1, -0.05) is 38.5 Å². The van der Waals surface area contributed by atoms with Crippen LogP contribution >= 0.6 is 0 Å². The van der Waals surface area contributed by atoms with Crippen LogP contribution in [0.4, 0.5) is 0 Å². The maximum atomic E-state index is 12.7. The Hall–Kier alpha value is -1.19. The minimum Gasteiger partial charge on any atom is -0.468 e. The third kappa shape index (κ3) is 4.65. The van der Waals surface area contributed by atoms with E-state index in [-0.39, 0.29) is 17.5 Å². The Labute approximate surface area is 133 Å². The lowest BCUT2D eigenvalue weighted by atomic mass is 9.78. The molecular weight excluding hydrogens is 280 g/mol. The van der Waals surface area contributed by atoms with Crippen LogP contribution in [-0.2, 0) is 19.1 Å². The van der Waals surface area contributed by atoms with Crippen molar-refractivity contribution < 1.29 is 19.1 Å². The number of carbonyl (C=O) groups is 3. The number of Topliss-reactive ketones (excluding diaryl/α,β-unsaturated/α-hetero) is 2. The van der Waals surface area contributed by atoms with Crippen molar-refractivity contribution in [1.29, 1.82) is 0 Å². The molecule has 0 aromatic heterocycles. The number of rotatable bonds is 5. The number of hydrogen-bond donors (Lipinski definition) is 0. The molecule has 2 rings (SSSR count). The van der Waals surface area contributed by atoms with E-state index in [4.69, 9.17) is 4.74 Å². The summed E-state index contributed by atoms with van der Waals surface area (Å²) in [5.41, 5.74) is 0. The van der Waals surface area contributed by atoms with Crippen LogP contribution in [0.25, 0.3) is 0 Å². The molecule has 2 fully saturated rings. The maximum Gasteiger partial charge on any atom is 0.316 e. The average Bonchev–Trinajstić information content (AvgIpc) is 2.72. The first kappa shape index (κ1) is 17.2. The van der Waals surface area contributed by atoms with Crippen LogP contribution in [-0.4, -0.2) is 24.6 Å². The van der Waals surface area contributed by atoms with Gasteiger partial charge < -0.3 is 4.74 Å². The van der Waals surface area contributed by atoms with E-state index < -0.39 is 11.9 Å². The molecule has 0 radical (unpaired) electrons. The van der Waals surface area contributed by atoms with E-state index >= 15 is 0 Å². The van der Waals surface area contributed by atoms with E-state index in [9.17, 15) is 14.4 Å². The lowest BCUT2D eigenvalue weighted by Gasteiger charge is -2.26. The molecule has 0 aliphatic heterocycles. The third-order valence-electron chi connectivity index (χ3n) is 5.26. The highest BCUT2D eigenvalue weighted by Crippen LogP contribution is 2.33. The Balaban J connectivity index is 2.05. The maximum absolute atomic E-state index is 12.7. The number of ketones is 2. The molecule has 22 heavy (non-hydrogen) atoms. The van der Waals surface area contributed by atoms with Crippen LogP contribution in [0.2, 0.25) is 0 Å². The van der Waals surface area contributed by atoms with Gasteiger partial charge in [-0.3, -0.25) is 14.4 Å². The van der Waals surface area contributed by atoms with Crippen molar-refractivity contribution in [3.63, 3.8) is 0 Å². The highest BCUT2D eigenvalue weighted by Gasteiger charge is 2.37. The summed E-state index contributed by atoms with van der Waals surface area (Å²) in [5, 5.41) is 0. The number of ether oxygens (including phenoxy) is 1. The van der Waals surface area contributed by atoms with Gasteiger partial charge in [-0.2, -0.15) is 0 Å². The fourth-order valence-electron chi connectivity index (χ4n) is 4.03. The average molecular weight is 308 g/mol. The third-order valence-corrected chi connectivity index (χ3v) is 5.26. The molecule has 1 unspecified atom stereocenters.